The van der Waals surface area contributed by atoms with E-state index in [9.17, 15) is 18.6 Å². The molecule has 0 rings (SSSR count). The number of carbonyl (C=O) groups excluding carboxylic acids is 2. The van der Waals surface area contributed by atoms with Crippen molar-refractivity contribution in [2.75, 3.05) is 18.6 Å². The lowest BCUT2D eigenvalue weighted by Crippen LogP contribution is -2.46. The molecule has 0 aliphatic carbocycles. The van der Waals surface area contributed by atoms with E-state index in [0.29, 0.717) is 18.7 Å². The first kappa shape index (κ1) is 17.4. The fourth-order valence-electron chi connectivity index (χ4n) is 1.23. The van der Waals surface area contributed by atoms with Gasteiger partial charge in [-0.25, -0.2) is 9.59 Å². The molecule has 19 heavy (non-hydrogen) atoms. The van der Waals surface area contributed by atoms with Gasteiger partial charge >= 0.3 is 12.0 Å². The minimum absolute atomic E-state index is 0.0585. The van der Waals surface area contributed by atoms with Gasteiger partial charge in [0.25, 0.3) is 0 Å². The van der Waals surface area contributed by atoms with Crippen LogP contribution in [0.1, 0.15) is 19.3 Å². The van der Waals surface area contributed by atoms with Crippen LogP contribution in [0.25, 0.3) is 0 Å². The van der Waals surface area contributed by atoms with Crippen LogP contribution in [0.15, 0.2) is 0 Å². The summed E-state index contributed by atoms with van der Waals surface area (Å²) in [6, 6.07) is -1.80. The largest absolute Gasteiger partial charge is 0.480 e. The maximum absolute atomic E-state index is 11.4. The van der Waals surface area contributed by atoms with E-state index < -0.39 is 34.7 Å². The van der Waals surface area contributed by atoms with E-state index in [2.05, 4.69) is 10.6 Å². The Morgan fingerprint density at radius 3 is 2.47 bits per heavy atom. The van der Waals surface area contributed by atoms with Crippen LogP contribution in [0, 0.1) is 0 Å². The minimum atomic E-state index is -1.23. The van der Waals surface area contributed by atoms with Crippen molar-refractivity contribution in [1.29, 1.82) is 0 Å². The number of aliphatic carboxylic acids is 1. The molecule has 110 valence electrons. The average Bonchev–Trinajstić information content (AvgIpc) is 2.29. The molecule has 0 saturated heterocycles. The highest BCUT2D eigenvalue weighted by Gasteiger charge is 2.20. The van der Waals surface area contributed by atoms with Crippen molar-refractivity contribution in [3.63, 3.8) is 0 Å². The molecule has 8 nitrogen and oxygen atoms in total. The van der Waals surface area contributed by atoms with Crippen molar-refractivity contribution in [3.8, 4) is 0 Å². The van der Waals surface area contributed by atoms with Crippen LogP contribution >= 0.6 is 0 Å². The molecule has 0 bridgehead atoms. The average molecular weight is 293 g/mol. The highest BCUT2D eigenvalue weighted by atomic mass is 32.2. The van der Waals surface area contributed by atoms with Crippen LogP contribution in [0.5, 0.6) is 0 Å². The molecule has 0 saturated carbocycles. The summed E-state index contributed by atoms with van der Waals surface area (Å²) in [5, 5.41) is 13.5. The minimum Gasteiger partial charge on any atom is -0.480 e. The van der Waals surface area contributed by atoms with Gasteiger partial charge in [0.05, 0.1) is 0 Å². The van der Waals surface area contributed by atoms with Crippen molar-refractivity contribution in [2.24, 2.45) is 5.73 Å². The first-order valence-corrected chi connectivity index (χ1v) is 7.41. The molecule has 5 N–H and O–H groups in total. The van der Waals surface area contributed by atoms with Gasteiger partial charge < -0.3 is 21.5 Å². The zero-order valence-corrected chi connectivity index (χ0v) is 11.5. The smallest absolute Gasteiger partial charge is 0.326 e. The van der Waals surface area contributed by atoms with E-state index in [4.69, 9.17) is 10.8 Å². The van der Waals surface area contributed by atoms with Crippen molar-refractivity contribution < 1.29 is 23.7 Å². The van der Waals surface area contributed by atoms with E-state index in [1.807, 2.05) is 0 Å². The molecule has 0 fully saturated rings. The van der Waals surface area contributed by atoms with E-state index >= 15 is 0 Å². The summed E-state index contributed by atoms with van der Waals surface area (Å²) in [7, 11) is -0.924. The maximum atomic E-state index is 11.4. The number of primary amides is 1. The number of hydrogen-bond donors (Lipinski definition) is 4. The third-order valence-corrected chi connectivity index (χ3v) is 3.04. The van der Waals surface area contributed by atoms with E-state index in [1.165, 1.54) is 0 Å². The molecular weight excluding hydrogens is 274 g/mol. The lowest BCUT2D eigenvalue weighted by molar-refractivity contribution is -0.139. The molecule has 9 heteroatoms. The van der Waals surface area contributed by atoms with Crippen molar-refractivity contribution in [2.45, 2.75) is 25.3 Å². The van der Waals surface area contributed by atoms with E-state index in [0.717, 1.165) is 0 Å². The Morgan fingerprint density at radius 2 is 2.00 bits per heavy atom. The van der Waals surface area contributed by atoms with Crippen LogP contribution in [0.4, 0.5) is 4.79 Å². The summed E-state index contributed by atoms with van der Waals surface area (Å²) in [5.74, 6) is -1.39. The molecule has 0 spiro atoms. The fraction of sp³-hybridized carbons (Fsp3) is 0.700. The highest BCUT2D eigenvalue weighted by Crippen LogP contribution is 1.97. The van der Waals surface area contributed by atoms with Gasteiger partial charge in [-0.2, -0.15) is 0 Å². The molecular formula is C10H19N3O5S. The molecule has 0 aromatic rings. The Hall–Kier alpha value is -1.64. The Morgan fingerprint density at radius 1 is 1.37 bits per heavy atom. The predicted molar refractivity (Wildman–Crippen MR) is 69.9 cm³/mol. The Bertz CT molecular complexity index is 361. The lowest BCUT2D eigenvalue weighted by Gasteiger charge is -2.14. The van der Waals surface area contributed by atoms with Gasteiger partial charge in [-0.3, -0.25) is 9.00 Å². The monoisotopic (exact) mass is 293 g/mol. The normalized spacial score (nSPS) is 13.3. The second-order valence-electron chi connectivity index (χ2n) is 3.93. The Balaban J connectivity index is 3.99. The number of nitrogens with one attached hydrogen (secondary N) is 2. The standard InChI is InChI=1S/C10H19N3O5S/c1-19(18)6-2-5-12-10(17)13-7(9(15)16)3-4-8(11)14/h7H,2-6H2,1H3,(H2,11,14)(H,15,16)(H2,12,13,17). The van der Waals surface area contributed by atoms with E-state index in [1.54, 1.807) is 6.26 Å². The molecule has 2 unspecified atom stereocenters. The summed E-state index contributed by atoms with van der Waals surface area (Å²) in [4.78, 5) is 32.8. The van der Waals surface area contributed by atoms with Gasteiger partial charge in [0, 0.05) is 35.8 Å². The van der Waals surface area contributed by atoms with Gasteiger partial charge in [-0.05, 0) is 12.8 Å². The topological polar surface area (TPSA) is 139 Å². The number of amides is 3. The highest BCUT2D eigenvalue weighted by molar-refractivity contribution is 7.84. The molecule has 0 aliphatic rings. The van der Waals surface area contributed by atoms with Gasteiger partial charge in [0.2, 0.25) is 5.91 Å². The molecule has 0 aromatic carbocycles. The zero-order chi connectivity index (χ0) is 14.8. The Labute approximate surface area is 113 Å². The van der Waals surface area contributed by atoms with Gasteiger partial charge in [0.1, 0.15) is 6.04 Å². The van der Waals surface area contributed by atoms with Crippen molar-refractivity contribution in [3.05, 3.63) is 0 Å². The first-order chi connectivity index (χ1) is 8.82. The van der Waals surface area contributed by atoms with Crippen molar-refractivity contribution in [1.82, 2.24) is 10.6 Å². The van der Waals surface area contributed by atoms with Crippen molar-refractivity contribution >= 4 is 28.7 Å². The van der Waals surface area contributed by atoms with Gasteiger partial charge in [-0.1, -0.05) is 0 Å². The summed E-state index contributed by atoms with van der Waals surface area (Å²) in [6.45, 7) is 0.299. The summed E-state index contributed by atoms with van der Waals surface area (Å²) in [5.41, 5.74) is 4.91. The van der Waals surface area contributed by atoms with Gasteiger partial charge in [0.15, 0.2) is 0 Å². The van der Waals surface area contributed by atoms with Gasteiger partial charge in [-0.15, -0.1) is 0 Å². The fourth-order valence-corrected chi connectivity index (χ4v) is 1.78. The summed E-state index contributed by atoms with van der Waals surface area (Å²) in [6.07, 6.45) is 1.92. The SMILES string of the molecule is CS(=O)CCCNC(=O)NC(CCC(N)=O)C(=O)O. The second-order valence-corrected chi connectivity index (χ2v) is 5.48. The molecule has 0 radical (unpaired) electrons. The Kier molecular flexibility index (Phi) is 8.51. The maximum Gasteiger partial charge on any atom is 0.326 e. The molecule has 2 atom stereocenters. The summed E-state index contributed by atoms with van der Waals surface area (Å²) >= 11 is 0. The molecule has 0 heterocycles. The molecule has 0 aliphatic heterocycles. The number of carbonyl (C=O) groups is 3. The molecule has 3 amide bonds. The number of nitrogens with two attached hydrogens (primary N) is 1. The number of carboxylic acid groups (broad SMARTS) is 1. The number of urea groups is 1. The third kappa shape index (κ3) is 10.0. The number of hydrogen-bond acceptors (Lipinski definition) is 4. The first-order valence-electron chi connectivity index (χ1n) is 5.68. The number of carboxylic acids is 1. The number of rotatable bonds is 9. The lowest BCUT2D eigenvalue weighted by atomic mass is 10.1. The van der Waals surface area contributed by atoms with Crippen LogP contribution in [0.2, 0.25) is 0 Å². The summed E-state index contributed by atoms with van der Waals surface area (Å²) < 4.78 is 10.8. The quantitative estimate of drug-likeness (QED) is 0.394. The molecule has 0 aromatic heterocycles. The predicted octanol–water partition coefficient (Wildman–Crippen LogP) is -1.23. The van der Waals surface area contributed by atoms with Crippen LogP contribution in [-0.2, 0) is 20.4 Å². The zero-order valence-electron chi connectivity index (χ0n) is 10.7. The van der Waals surface area contributed by atoms with Crippen LogP contribution in [0.3, 0.4) is 0 Å². The van der Waals surface area contributed by atoms with Crippen LogP contribution < -0.4 is 16.4 Å². The second kappa shape index (κ2) is 9.31. The van der Waals surface area contributed by atoms with Crippen LogP contribution in [-0.4, -0.2) is 51.8 Å². The van der Waals surface area contributed by atoms with E-state index in [-0.39, 0.29) is 12.8 Å². The third-order valence-electron chi connectivity index (χ3n) is 2.18.